The molecule has 0 aromatic heterocycles. The summed E-state index contributed by atoms with van der Waals surface area (Å²) in [5.41, 5.74) is 3.79. The van der Waals surface area contributed by atoms with E-state index in [0.717, 1.165) is 17.6 Å². The number of allylic oxidation sites excluding steroid dienone is 4. The summed E-state index contributed by atoms with van der Waals surface area (Å²) < 4.78 is 0. The van der Waals surface area contributed by atoms with E-state index < -0.39 is 12.2 Å². The van der Waals surface area contributed by atoms with Gasteiger partial charge >= 0.3 is 0 Å². The van der Waals surface area contributed by atoms with E-state index in [1.165, 1.54) is 83.5 Å². The second-order valence-electron chi connectivity index (χ2n) is 13.7. The van der Waals surface area contributed by atoms with Gasteiger partial charge in [0.1, 0.15) is 0 Å². The van der Waals surface area contributed by atoms with E-state index in [1.54, 1.807) is 5.57 Å². The van der Waals surface area contributed by atoms with E-state index in [9.17, 15) is 15.3 Å². The molecule has 214 valence electrons. The van der Waals surface area contributed by atoms with E-state index in [2.05, 4.69) is 51.7 Å². The lowest BCUT2D eigenvalue weighted by molar-refractivity contribution is 0.0862. The van der Waals surface area contributed by atoms with Crippen LogP contribution in [0.15, 0.2) is 47.6 Å². The fraction of sp³-hybridized carbons (Fsp3) is 0.771. The Balaban J connectivity index is 1.35. The second kappa shape index (κ2) is 13.0. The van der Waals surface area contributed by atoms with Crippen LogP contribution < -0.4 is 0 Å². The highest BCUT2D eigenvalue weighted by Gasteiger charge is 2.51. The highest BCUT2D eigenvalue weighted by Crippen LogP contribution is 2.60. The molecule has 7 atom stereocenters. The molecule has 4 rings (SSSR count). The highest BCUT2D eigenvalue weighted by atomic mass is 16.3. The van der Waals surface area contributed by atoms with Crippen molar-refractivity contribution >= 4 is 0 Å². The maximum Gasteiger partial charge on any atom is 0.0811 e. The Morgan fingerprint density at radius 3 is 2.47 bits per heavy atom. The molecule has 3 N–H and O–H groups in total. The normalized spacial score (nSPS) is 36.6. The average molecular weight is 525 g/mol. The molecule has 38 heavy (non-hydrogen) atoms. The lowest BCUT2D eigenvalue weighted by atomic mass is 9.61. The van der Waals surface area contributed by atoms with Crippen molar-refractivity contribution in [1.29, 1.82) is 0 Å². The molecule has 0 aliphatic heterocycles. The van der Waals surface area contributed by atoms with E-state index in [1.807, 2.05) is 0 Å². The van der Waals surface area contributed by atoms with Crippen molar-refractivity contribution in [2.24, 2.45) is 28.6 Å². The van der Waals surface area contributed by atoms with E-state index in [4.69, 9.17) is 0 Å². The van der Waals surface area contributed by atoms with Gasteiger partial charge in [-0.15, -0.1) is 0 Å². The van der Waals surface area contributed by atoms with Crippen LogP contribution in [0.4, 0.5) is 0 Å². The molecule has 4 fully saturated rings. The molecule has 0 radical (unpaired) electrons. The third kappa shape index (κ3) is 6.76. The zero-order valence-electron chi connectivity index (χ0n) is 24.6. The van der Waals surface area contributed by atoms with Gasteiger partial charge in [-0.05, 0) is 97.5 Å². The minimum Gasteiger partial charge on any atom is -0.393 e. The van der Waals surface area contributed by atoms with E-state index >= 15 is 0 Å². The predicted octanol–water partition coefficient (Wildman–Crippen LogP) is 8.21. The fourth-order valence-corrected chi connectivity index (χ4v) is 8.34. The summed E-state index contributed by atoms with van der Waals surface area (Å²) in [7, 11) is 0. The molecular weight excluding hydrogens is 468 g/mol. The summed E-state index contributed by atoms with van der Waals surface area (Å²) in [5.74, 6) is 1.73. The Kier molecular flexibility index (Phi) is 10.2. The molecule has 0 unspecified atom stereocenters. The second-order valence-corrected chi connectivity index (χ2v) is 13.7. The van der Waals surface area contributed by atoms with Crippen molar-refractivity contribution in [1.82, 2.24) is 0 Å². The third-order valence-electron chi connectivity index (χ3n) is 11.1. The van der Waals surface area contributed by atoms with Gasteiger partial charge in [-0.1, -0.05) is 95.8 Å². The quantitative estimate of drug-likeness (QED) is 0.178. The Morgan fingerprint density at radius 1 is 1.00 bits per heavy atom. The monoisotopic (exact) mass is 524 g/mol. The molecule has 0 heterocycles. The van der Waals surface area contributed by atoms with Crippen LogP contribution in [0, 0.1) is 28.6 Å². The van der Waals surface area contributed by atoms with Crippen LogP contribution in [0.5, 0.6) is 0 Å². The Morgan fingerprint density at radius 2 is 1.74 bits per heavy atom. The summed E-state index contributed by atoms with van der Waals surface area (Å²) >= 11 is 0. The minimum atomic E-state index is -0.626. The van der Waals surface area contributed by atoms with Crippen LogP contribution in [-0.4, -0.2) is 33.6 Å². The Labute approximate surface area is 233 Å². The van der Waals surface area contributed by atoms with E-state index in [-0.39, 0.29) is 11.5 Å². The van der Waals surface area contributed by atoms with Crippen molar-refractivity contribution in [3.63, 3.8) is 0 Å². The summed E-state index contributed by atoms with van der Waals surface area (Å²) in [4.78, 5) is 0. The van der Waals surface area contributed by atoms with Gasteiger partial charge in [-0.2, -0.15) is 0 Å². The number of fused-ring (bicyclic) bond motifs is 1. The number of aliphatic hydroxyl groups is 3. The first-order chi connectivity index (χ1) is 18.2. The van der Waals surface area contributed by atoms with Gasteiger partial charge < -0.3 is 15.3 Å². The van der Waals surface area contributed by atoms with Gasteiger partial charge in [0.25, 0.3) is 0 Å². The first-order valence-corrected chi connectivity index (χ1v) is 16.0. The van der Waals surface area contributed by atoms with Crippen LogP contribution in [-0.2, 0) is 0 Å². The Bertz CT molecular complexity index is 893. The van der Waals surface area contributed by atoms with Crippen LogP contribution in [0.25, 0.3) is 0 Å². The summed E-state index contributed by atoms with van der Waals surface area (Å²) in [6.07, 6.45) is 26.2. The van der Waals surface area contributed by atoms with Gasteiger partial charge in [0.15, 0.2) is 0 Å². The molecule has 3 nitrogen and oxygen atoms in total. The summed E-state index contributed by atoms with van der Waals surface area (Å²) in [6, 6.07) is 0. The van der Waals surface area contributed by atoms with Crippen LogP contribution in [0.2, 0.25) is 0 Å². The molecule has 0 spiro atoms. The van der Waals surface area contributed by atoms with Crippen LogP contribution in [0.1, 0.15) is 124 Å². The summed E-state index contributed by atoms with van der Waals surface area (Å²) in [5, 5.41) is 31.5. The van der Waals surface area contributed by atoms with Crippen molar-refractivity contribution in [3.05, 3.63) is 47.6 Å². The Hall–Kier alpha value is -1.16. The first kappa shape index (κ1) is 29.8. The number of aliphatic hydroxyl groups excluding tert-OH is 3. The summed E-state index contributed by atoms with van der Waals surface area (Å²) in [6.45, 7) is 11.3. The molecule has 3 heteroatoms. The standard InChI is InChI=1S/C35H56O3/c1-5-6-7-8-9-10-20-35(21-22-35)33(38)18-13-25(2)30-16-17-31-27(12-11-19-34(30,31)4)14-15-28-23-29(36)24-32(37)26(28)3/h13-15,18,25,29-33,36-38H,3,5-12,16-17,19-24H2,1-2,4H3/b18-13+,27-14+,28-15-/t25-,29-,30-,31+,32+,33-,34-/m1/s1. The number of hydrogen-bond acceptors (Lipinski definition) is 3. The van der Waals surface area contributed by atoms with Gasteiger partial charge in [0, 0.05) is 6.42 Å². The number of unbranched alkanes of at least 4 members (excludes halogenated alkanes) is 5. The van der Waals surface area contributed by atoms with Gasteiger partial charge in [0.2, 0.25) is 0 Å². The largest absolute Gasteiger partial charge is 0.393 e. The maximum atomic E-state index is 11.1. The fourth-order valence-electron chi connectivity index (χ4n) is 8.34. The molecule has 4 saturated carbocycles. The molecule has 0 aromatic rings. The minimum absolute atomic E-state index is 0.168. The molecule has 4 aliphatic carbocycles. The third-order valence-corrected chi connectivity index (χ3v) is 11.1. The number of rotatable bonds is 12. The van der Waals surface area contributed by atoms with E-state index in [0.29, 0.717) is 36.0 Å². The SMILES string of the molecule is C=C1/C(=C\C=C2/CCC[C@]3(C)[C@@H]([C@H](C)/C=C/[C@@H](O)C4(CCCCCCCC)CC4)CC[C@@H]23)C[C@@H](O)C[C@@H]1O. The zero-order chi connectivity index (χ0) is 27.3. The maximum absolute atomic E-state index is 11.1. The highest BCUT2D eigenvalue weighted by molar-refractivity contribution is 5.38. The lowest BCUT2D eigenvalue weighted by Gasteiger charge is -2.44. The van der Waals surface area contributed by atoms with Crippen LogP contribution >= 0.6 is 0 Å². The first-order valence-electron chi connectivity index (χ1n) is 16.0. The van der Waals surface area contributed by atoms with Gasteiger partial charge in [-0.25, -0.2) is 0 Å². The molecule has 0 aromatic carbocycles. The molecule has 0 bridgehead atoms. The van der Waals surface area contributed by atoms with Crippen molar-refractivity contribution in [2.45, 2.75) is 142 Å². The molecule has 0 saturated heterocycles. The molecular formula is C35H56O3. The molecule has 4 aliphatic rings. The topological polar surface area (TPSA) is 60.7 Å². The average Bonchev–Trinajstić information content (AvgIpc) is 3.59. The smallest absolute Gasteiger partial charge is 0.0811 e. The predicted molar refractivity (Wildman–Crippen MR) is 159 cm³/mol. The number of hydrogen-bond donors (Lipinski definition) is 3. The van der Waals surface area contributed by atoms with Gasteiger partial charge in [0.05, 0.1) is 18.3 Å². The molecule has 0 amide bonds. The van der Waals surface area contributed by atoms with Crippen LogP contribution in [0.3, 0.4) is 0 Å². The lowest BCUT2D eigenvalue weighted by Crippen LogP contribution is -2.35. The van der Waals surface area contributed by atoms with Gasteiger partial charge in [-0.3, -0.25) is 0 Å². The van der Waals surface area contributed by atoms with Crippen molar-refractivity contribution < 1.29 is 15.3 Å². The zero-order valence-corrected chi connectivity index (χ0v) is 24.6. The van der Waals surface area contributed by atoms with Crippen molar-refractivity contribution in [2.75, 3.05) is 0 Å². The van der Waals surface area contributed by atoms with Crippen molar-refractivity contribution in [3.8, 4) is 0 Å².